The number of nitrogens with zero attached hydrogens (tertiary/aromatic N) is 3. The maximum Gasteiger partial charge on any atom is 0.104 e. The summed E-state index contributed by atoms with van der Waals surface area (Å²) in [7, 11) is 19.8. The molecule has 6 aromatic rings. The Bertz CT molecular complexity index is 1840. The number of benzene rings is 6. The Morgan fingerprint density at radius 3 is 0.556 bits per heavy atom. The van der Waals surface area contributed by atoms with Crippen LogP contribution >= 0.6 is 0 Å². The molecular formula is C54H69N3O6. The summed E-state index contributed by atoms with van der Waals surface area (Å²) in [5.74, 6) is -3.11. The molecule has 0 saturated carbocycles. The van der Waals surface area contributed by atoms with Crippen LogP contribution in [-0.4, -0.2) is 94.8 Å². The van der Waals surface area contributed by atoms with Crippen molar-refractivity contribution in [3.8, 4) is 0 Å². The van der Waals surface area contributed by atoms with E-state index in [0.717, 1.165) is 49.8 Å². The number of quaternary nitrogens is 3. The van der Waals surface area contributed by atoms with Gasteiger partial charge in [-0.1, -0.05) is 182 Å². The van der Waals surface area contributed by atoms with Gasteiger partial charge < -0.3 is 43.2 Å². The average molecular weight is 856 g/mol. The molecule has 0 aromatic heterocycles. The van der Waals surface area contributed by atoms with Crippen molar-refractivity contribution in [2.75, 3.05) is 63.4 Å². The van der Waals surface area contributed by atoms with Crippen LogP contribution in [-0.2, 0) is 53.3 Å². The van der Waals surface area contributed by atoms with Gasteiger partial charge in [-0.25, -0.2) is 0 Å². The smallest absolute Gasteiger partial charge is 0.104 e. The summed E-state index contributed by atoms with van der Waals surface area (Å²) in [5, 5.41) is 30.2. The summed E-state index contributed by atoms with van der Waals surface area (Å²) >= 11 is 0. The minimum Gasteiger partial charge on any atom is -0.550 e. The second-order valence-electron chi connectivity index (χ2n) is 17.9. The molecule has 9 nitrogen and oxygen atoms in total. The van der Waals surface area contributed by atoms with Crippen LogP contribution in [0.4, 0.5) is 0 Å². The Hall–Kier alpha value is -6.39. The first kappa shape index (κ1) is 54.6. The lowest BCUT2D eigenvalue weighted by atomic mass is 10.2. The second kappa shape index (κ2) is 29.8. The molecular weight excluding hydrogens is 787 g/mol. The zero-order valence-electron chi connectivity index (χ0n) is 38.9. The molecule has 6 rings (SSSR count). The van der Waals surface area contributed by atoms with Crippen molar-refractivity contribution in [3.63, 3.8) is 0 Å². The first-order chi connectivity index (χ1) is 29.6. The van der Waals surface area contributed by atoms with Gasteiger partial charge in [0.2, 0.25) is 0 Å². The Morgan fingerprint density at radius 2 is 0.429 bits per heavy atom. The molecule has 0 bridgehead atoms. The van der Waals surface area contributed by atoms with Gasteiger partial charge in [-0.15, -0.1) is 0 Å². The number of rotatable bonds is 12. The van der Waals surface area contributed by atoms with Crippen molar-refractivity contribution < 1.29 is 43.2 Å². The van der Waals surface area contributed by atoms with Crippen LogP contribution in [0.5, 0.6) is 0 Å². The highest BCUT2D eigenvalue weighted by atomic mass is 16.4. The molecule has 0 unspecified atom stereocenters. The normalized spacial score (nSPS) is 10.4. The van der Waals surface area contributed by atoms with Crippen LogP contribution in [0.25, 0.3) is 0 Å². The van der Waals surface area contributed by atoms with Crippen LogP contribution in [0.1, 0.15) is 33.4 Å². The highest BCUT2D eigenvalue weighted by molar-refractivity contribution is 5.68. The SMILES string of the molecule is C[N+](C)(C)Cc1ccccc1.C[N+](C)(C)Cc1ccccc1.C[N+](C)(C)Cc1ccccc1.O=C([O-])Cc1ccccc1.O=C([O-])Cc1ccccc1.O=C([O-])Cc1ccccc1. The molecule has 9 heteroatoms. The zero-order chi connectivity index (χ0) is 47.2. The highest BCUT2D eigenvalue weighted by Gasteiger charge is 2.08. The number of hydrogen-bond acceptors (Lipinski definition) is 6. The van der Waals surface area contributed by atoms with Crippen LogP contribution in [0.2, 0.25) is 0 Å². The molecule has 0 atom stereocenters. The van der Waals surface area contributed by atoms with Gasteiger partial charge in [0.05, 0.1) is 63.4 Å². The third kappa shape index (κ3) is 34.0. The van der Waals surface area contributed by atoms with Gasteiger partial charge >= 0.3 is 0 Å². The van der Waals surface area contributed by atoms with Gasteiger partial charge in [0.15, 0.2) is 0 Å². The summed E-state index contributed by atoms with van der Waals surface area (Å²) < 4.78 is 2.97. The first-order valence-electron chi connectivity index (χ1n) is 20.8. The summed E-state index contributed by atoms with van der Waals surface area (Å²) in [5.41, 5.74) is 6.55. The Labute approximate surface area is 377 Å². The van der Waals surface area contributed by atoms with Crippen LogP contribution in [0.3, 0.4) is 0 Å². The molecule has 0 amide bonds. The topological polar surface area (TPSA) is 120 Å². The lowest BCUT2D eigenvalue weighted by Crippen LogP contribution is -2.33. The minimum atomic E-state index is -1.04. The summed E-state index contributed by atoms with van der Waals surface area (Å²) in [6, 6.07) is 58.6. The van der Waals surface area contributed by atoms with Crippen molar-refractivity contribution in [1.29, 1.82) is 0 Å². The van der Waals surface area contributed by atoms with Crippen LogP contribution in [0.15, 0.2) is 182 Å². The monoisotopic (exact) mass is 856 g/mol. The lowest BCUT2D eigenvalue weighted by molar-refractivity contribution is -0.884. The fourth-order valence-electron chi connectivity index (χ4n) is 5.68. The van der Waals surface area contributed by atoms with E-state index in [-0.39, 0.29) is 19.3 Å². The quantitative estimate of drug-likeness (QED) is 0.148. The van der Waals surface area contributed by atoms with E-state index < -0.39 is 17.9 Å². The van der Waals surface area contributed by atoms with Gasteiger partial charge in [0.1, 0.15) is 19.6 Å². The molecule has 6 aromatic carbocycles. The molecule has 0 aliphatic rings. The Morgan fingerprint density at radius 1 is 0.286 bits per heavy atom. The highest BCUT2D eigenvalue weighted by Crippen LogP contribution is 2.07. The number of carboxylic acids is 3. The molecule has 0 aliphatic carbocycles. The molecule has 0 fully saturated rings. The van der Waals surface area contributed by atoms with E-state index in [1.165, 1.54) is 16.7 Å². The van der Waals surface area contributed by atoms with Crippen molar-refractivity contribution in [2.24, 2.45) is 0 Å². The predicted octanol–water partition coefficient (Wildman–Crippen LogP) is 5.62. The third-order valence-electron chi connectivity index (χ3n) is 8.07. The molecule has 0 heterocycles. The van der Waals surface area contributed by atoms with Gasteiger partial charge in [-0.05, 0) is 16.7 Å². The molecule has 0 spiro atoms. The lowest BCUT2D eigenvalue weighted by Gasteiger charge is -2.23. The maximum absolute atomic E-state index is 10.1. The van der Waals surface area contributed by atoms with E-state index in [4.69, 9.17) is 0 Å². The maximum atomic E-state index is 10.1. The zero-order valence-corrected chi connectivity index (χ0v) is 38.9. The molecule has 63 heavy (non-hydrogen) atoms. The molecule has 0 saturated heterocycles. The summed E-state index contributed by atoms with van der Waals surface area (Å²) in [6.07, 6.45) is 0.00250. The standard InChI is InChI=1S/3C10H16N.3C8H8O2/c3*1-11(2,3)9-10-7-5-4-6-8-10;3*9-8(10)6-7-4-2-1-3-5-7/h3*4-8H,9H2,1-3H3;3*1-5H,6H2,(H,9,10)/q3*+1;;;/p-3. The second-order valence-corrected chi connectivity index (χ2v) is 17.9. The van der Waals surface area contributed by atoms with E-state index in [1.54, 1.807) is 72.8 Å². The van der Waals surface area contributed by atoms with Gasteiger partial charge in [0, 0.05) is 53.9 Å². The fourth-order valence-corrected chi connectivity index (χ4v) is 5.68. The summed E-state index contributed by atoms with van der Waals surface area (Å²) in [4.78, 5) is 30.2. The predicted molar refractivity (Wildman–Crippen MR) is 250 cm³/mol. The number of carboxylic acid groups (broad SMARTS) is 3. The van der Waals surface area contributed by atoms with E-state index in [1.807, 2.05) is 18.2 Å². The van der Waals surface area contributed by atoms with Crippen molar-refractivity contribution in [2.45, 2.75) is 38.9 Å². The fraction of sp³-hybridized carbons (Fsp3) is 0.278. The molecule has 0 aliphatic heterocycles. The number of carbonyl (C=O) groups excluding carboxylic acids is 3. The van der Waals surface area contributed by atoms with Gasteiger partial charge in [-0.2, -0.15) is 0 Å². The van der Waals surface area contributed by atoms with Crippen LogP contribution < -0.4 is 15.3 Å². The Kier molecular flexibility index (Phi) is 25.8. The number of hydrogen-bond donors (Lipinski definition) is 0. The van der Waals surface area contributed by atoms with Gasteiger partial charge in [-0.3, -0.25) is 0 Å². The third-order valence-corrected chi connectivity index (χ3v) is 8.07. The summed E-state index contributed by atoms with van der Waals surface area (Å²) in [6.45, 7) is 3.29. The molecule has 0 N–H and O–H groups in total. The van der Waals surface area contributed by atoms with Gasteiger partial charge in [0.25, 0.3) is 0 Å². The first-order valence-corrected chi connectivity index (χ1v) is 20.8. The van der Waals surface area contributed by atoms with Crippen molar-refractivity contribution >= 4 is 17.9 Å². The number of carbonyl (C=O) groups is 3. The van der Waals surface area contributed by atoms with Crippen molar-refractivity contribution in [1.82, 2.24) is 0 Å². The van der Waals surface area contributed by atoms with E-state index in [0.29, 0.717) is 0 Å². The largest absolute Gasteiger partial charge is 0.550 e. The minimum absolute atomic E-state index is 0.000833. The molecule has 0 radical (unpaired) electrons. The average Bonchev–Trinajstić information content (AvgIpc) is 3.19. The van der Waals surface area contributed by atoms with E-state index in [2.05, 4.69) is 154 Å². The van der Waals surface area contributed by atoms with E-state index in [9.17, 15) is 29.7 Å². The van der Waals surface area contributed by atoms with Crippen LogP contribution in [0, 0.1) is 0 Å². The number of aliphatic carboxylic acids is 3. The Balaban J connectivity index is 0.000000378. The van der Waals surface area contributed by atoms with E-state index >= 15 is 0 Å². The molecule has 336 valence electrons. The van der Waals surface area contributed by atoms with Crippen molar-refractivity contribution in [3.05, 3.63) is 215 Å².